The number of carboxylic acids is 1. The summed E-state index contributed by atoms with van der Waals surface area (Å²) in [5, 5.41) is 16.5. The smallest absolute Gasteiger partial charge is 0.338 e. The third kappa shape index (κ3) is 3.50. The second-order valence-electron chi connectivity index (χ2n) is 3.97. The number of carboxylic acid groups (broad SMARTS) is 1. The number of benzene rings is 2. The van der Waals surface area contributed by atoms with Gasteiger partial charge in [-0.3, -0.25) is 4.55 Å². The van der Waals surface area contributed by atoms with Crippen molar-refractivity contribution in [2.75, 3.05) is 0 Å². The summed E-state index contributed by atoms with van der Waals surface area (Å²) < 4.78 is 31.8. The van der Waals surface area contributed by atoms with Crippen molar-refractivity contribution < 1.29 is 22.9 Å². The molecule has 8 heteroatoms. The average molecular weight is 306 g/mol. The van der Waals surface area contributed by atoms with E-state index in [1.165, 1.54) is 12.1 Å². The molecular formula is C13H10N2O5S. The predicted molar refractivity (Wildman–Crippen MR) is 73.8 cm³/mol. The third-order valence-electron chi connectivity index (χ3n) is 2.53. The summed E-state index contributed by atoms with van der Waals surface area (Å²) in [5.41, 5.74) is -0.375. The van der Waals surface area contributed by atoms with Gasteiger partial charge in [0.05, 0.1) is 11.3 Å². The predicted octanol–water partition coefficient (Wildman–Crippen LogP) is 3.05. The topological polar surface area (TPSA) is 116 Å². The van der Waals surface area contributed by atoms with Crippen molar-refractivity contribution in [3.63, 3.8) is 0 Å². The molecule has 0 aromatic heterocycles. The summed E-state index contributed by atoms with van der Waals surface area (Å²) in [6.45, 7) is 0. The van der Waals surface area contributed by atoms with Gasteiger partial charge in [0.1, 0.15) is 10.6 Å². The van der Waals surface area contributed by atoms with Crippen LogP contribution in [0.15, 0.2) is 63.7 Å². The molecule has 0 aliphatic carbocycles. The SMILES string of the molecule is O=C(O)c1cccc(S(=O)(=O)O)c1N=Nc1ccccc1. The van der Waals surface area contributed by atoms with Gasteiger partial charge < -0.3 is 5.11 Å². The van der Waals surface area contributed by atoms with Crippen molar-refractivity contribution >= 4 is 27.5 Å². The molecule has 2 aromatic carbocycles. The van der Waals surface area contributed by atoms with Crippen LogP contribution < -0.4 is 0 Å². The minimum atomic E-state index is -4.61. The van der Waals surface area contributed by atoms with Gasteiger partial charge in [0.2, 0.25) is 0 Å². The van der Waals surface area contributed by atoms with Crippen molar-refractivity contribution in [1.29, 1.82) is 0 Å². The number of rotatable bonds is 4. The highest BCUT2D eigenvalue weighted by atomic mass is 32.2. The maximum atomic E-state index is 11.3. The van der Waals surface area contributed by atoms with Crippen LogP contribution in [0.4, 0.5) is 11.4 Å². The van der Waals surface area contributed by atoms with Gasteiger partial charge in [0.15, 0.2) is 0 Å². The van der Waals surface area contributed by atoms with E-state index >= 15 is 0 Å². The third-order valence-corrected chi connectivity index (χ3v) is 3.41. The number of hydrogen-bond acceptors (Lipinski definition) is 5. The van der Waals surface area contributed by atoms with Crippen LogP contribution in [0.2, 0.25) is 0 Å². The molecule has 0 aliphatic rings. The van der Waals surface area contributed by atoms with E-state index in [0.717, 1.165) is 6.07 Å². The lowest BCUT2D eigenvalue weighted by molar-refractivity contribution is 0.0697. The molecule has 2 N–H and O–H groups in total. The normalized spacial score (nSPS) is 11.7. The maximum Gasteiger partial charge on any atom is 0.338 e. The molecule has 0 heterocycles. The number of nitrogens with zero attached hydrogens (tertiary/aromatic N) is 2. The Balaban J connectivity index is 2.60. The first kappa shape index (κ1) is 14.8. The number of carbonyl (C=O) groups is 1. The Kier molecular flexibility index (Phi) is 4.10. The fraction of sp³-hybridized carbons (Fsp3) is 0. The van der Waals surface area contributed by atoms with Gasteiger partial charge in [-0.25, -0.2) is 4.79 Å². The molecule has 0 amide bonds. The summed E-state index contributed by atoms with van der Waals surface area (Å²) in [7, 11) is -4.61. The van der Waals surface area contributed by atoms with Gasteiger partial charge in [-0.1, -0.05) is 24.3 Å². The summed E-state index contributed by atoms with van der Waals surface area (Å²) in [6.07, 6.45) is 0. The van der Waals surface area contributed by atoms with Crippen molar-refractivity contribution in [2.24, 2.45) is 10.2 Å². The second kappa shape index (κ2) is 5.81. The van der Waals surface area contributed by atoms with Gasteiger partial charge in [-0.05, 0) is 24.3 Å². The van der Waals surface area contributed by atoms with Crippen LogP contribution in [0, 0.1) is 0 Å². The van der Waals surface area contributed by atoms with E-state index in [0.29, 0.717) is 5.69 Å². The van der Waals surface area contributed by atoms with Crippen LogP contribution in [0.1, 0.15) is 10.4 Å². The van der Waals surface area contributed by atoms with Crippen LogP contribution in [0.3, 0.4) is 0 Å². The van der Waals surface area contributed by atoms with Gasteiger partial charge in [0, 0.05) is 0 Å². The lowest BCUT2D eigenvalue weighted by Gasteiger charge is -2.04. The molecule has 2 aromatic rings. The molecule has 2 rings (SSSR count). The van der Waals surface area contributed by atoms with Crippen LogP contribution in [0.25, 0.3) is 0 Å². The molecule has 21 heavy (non-hydrogen) atoms. The zero-order valence-corrected chi connectivity index (χ0v) is 11.4. The minimum Gasteiger partial charge on any atom is -0.478 e. The fourth-order valence-electron chi connectivity index (χ4n) is 1.61. The minimum absolute atomic E-state index is 0.371. The standard InChI is InChI=1S/C13H10N2O5S/c16-13(17)10-7-4-8-11(21(18,19)20)12(10)15-14-9-5-2-1-3-6-9/h1-8H,(H,16,17)(H,18,19,20). The quantitative estimate of drug-likeness (QED) is 0.665. The van der Waals surface area contributed by atoms with Gasteiger partial charge in [0.25, 0.3) is 10.1 Å². The molecular weight excluding hydrogens is 296 g/mol. The Morgan fingerprint density at radius 1 is 0.952 bits per heavy atom. The van der Waals surface area contributed by atoms with E-state index in [1.54, 1.807) is 30.3 Å². The molecule has 0 saturated heterocycles. The lowest BCUT2D eigenvalue weighted by Crippen LogP contribution is -2.03. The van der Waals surface area contributed by atoms with E-state index in [-0.39, 0.29) is 5.56 Å². The van der Waals surface area contributed by atoms with Crippen LogP contribution in [0.5, 0.6) is 0 Å². The Morgan fingerprint density at radius 3 is 2.19 bits per heavy atom. The molecule has 0 aliphatic heterocycles. The average Bonchev–Trinajstić information content (AvgIpc) is 2.44. The molecule has 7 nitrogen and oxygen atoms in total. The van der Waals surface area contributed by atoms with Gasteiger partial charge in [-0.15, -0.1) is 5.11 Å². The number of azo groups is 1. The first-order chi connectivity index (χ1) is 9.89. The lowest BCUT2D eigenvalue weighted by atomic mass is 10.2. The van der Waals surface area contributed by atoms with Crippen molar-refractivity contribution in [3.05, 3.63) is 54.1 Å². The highest BCUT2D eigenvalue weighted by Gasteiger charge is 2.21. The molecule has 108 valence electrons. The molecule has 0 unspecified atom stereocenters. The molecule has 0 spiro atoms. The van der Waals surface area contributed by atoms with E-state index in [4.69, 9.17) is 9.66 Å². The van der Waals surface area contributed by atoms with Crippen molar-refractivity contribution in [3.8, 4) is 0 Å². The number of hydrogen-bond donors (Lipinski definition) is 2. The Morgan fingerprint density at radius 2 is 1.62 bits per heavy atom. The van der Waals surface area contributed by atoms with Gasteiger partial charge in [-0.2, -0.15) is 13.5 Å². The van der Waals surface area contributed by atoms with Crippen molar-refractivity contribution in [1.82, 2.24) is 0 Å². The monoisotopic (exact) mass is 306 g/mol. The second-order valence-corrected chi connectivity index (χ2v) is 5.36. The Labute approximate surface area is 120 Å². The van der Waals surface area contributed by atoms with E-state index in [1.807, 2.05) is 0 Å². The van der Waals surface area contributed by atoms with Gasteiger partial charge >= 0.3 is 5.97 Å². The Hall–Kier alpha value is -2.58. The molecule has 0 bridgehead atoms. The van der Waals surface area contributed by atoms with Crippen molar-refractivity contribution in [2.45, 2.75) is 4.90 Å². The van der Waals surface area contributed by atoms with Crippen LogP contribution in [-0.4, -0.2) is 24.0 Å². The van der Waals surface area contributed by atoms with Crippen LogP contribution in [-0.2, 0) is 10.1 Å². The zero-order valence-electron chi connectivity index (χ0n) is 10.5. The van der Waals surface area contributed by atoms with E-state index in [9.17, 15) is 13.2 Å². The highest BCUT2D eigenvalue weighted by Crippen LogP contribution is 2.30. The largest absolute Gasteiger partial charge is 0.478 e. The highest BCUT2D eigenvalue weighted by molar-refractivity contribution is 7.86. The molecule has 0 fully saturated rings. The maximum absolute atomic E-state index is 11.3. The summed E-state index contributed by atoms with van der Waals surface area (Å²) in [6, 6.07) is 11.8. The summed E-state index contributed by atoms with van der Waals surface area (Å²) in [5.74, 6) is -1.37. The molecule has 0 radical (unpaired) electrons. The fourth-order valence-corrected chi connectivity index (χ4v) is 2.25. The van der Waals surface area contributed by atoms with E-state index < -0.39 is 26.7 Å². The first-order valence-corrected chi connectivity index (χ1v) is 7.14. The van der Waals surface area contributed by atoms with Crippen LogP contribution >= 0.6 is 0 Å². The molecule has 0 atom stereocenters. The van der Waals surface area contributed by atoms with E-state index in [2.05, 4.69) is 10.2 Å². The summed E-state index contributed by atoms with van der Waals surface area (Å²) >= 11 is 0. The number of aromatic carboxylic acids is 1. The Bertz CT molecular complexity index is 801. The molecule has 0 saturated carbocycles. The summed E-state index contributed by atoms with van der Waals surface area (Å²) in [4.78, 5) is 10.5. The first-order valence-electron chi connectivity index (χ1n) is 5.70. The zero-order chi connectivity index (χ0) is 15.5.